The van der Waals surface area contributed by atoms with Crippen LogP contribution in [0.25, 0.3) is 0 Å². The average molecular weight is 418 g/mol. The van der Waals surface area contributed by atoms with Gasteiger partial charge in [-0.25, -0.2) is 9.48 Å². The van der Waals surface area contributed by atoms with Gasteiger partial charge in [-0.1, -0.05) is 36.4 Å². The molecule has 1 amide bonds. The first-order valence-electron chi connectivity index (χ1n) is 10.4. The minimum absolute atomic E-state index is 0.176. The molecule has 4 rings (SSSR count). The van der Waals surface area contributed by atoms with Crippen LogP contribution in [0.5, 0.6) is 0 Å². The lowest BCUT2D eigenvalue weighted by atomic mass is 10.1. The smallest absolute Gasteiger partial charge is 0.335 e. The predicted octanol–water partition coefficient (Wildman–Crippen LogP) is 3.71. The SMILES string of the molecule is Cc1ccccc1CN1CCn2nc(C)c(C(=O)N[C@@H](C)c3ccc(C(=O)O)cc3)c21. The number of hydrogen-bond donors (Lipinski definition) is 2. The highest BCUT2D eigenvalue weighted by Crippen LogP contribution is 2.31. The summed E-state index contributed by atoms with van der Waals surface area (Å²) in [6.45, 7) is 8.13. The number of nitrogens with zero attached hydrogens (tertiary/aromatic N) is 3. The summed E-state index contributed by atoms with van der Waals surface area (Å²) in [5.41, 5.74) is 4.82. The van der Waals surface area contributed by atoms with E-state index in [1.165, 1.54) is 11.1 Å². The Hall–Kier alpha value is -3.61. The zero-order valence-corrected chi connectivity index (χ0v) is 17.9. The Labute approximate surface area is 181 Å². The quantitative estimate of drug-likeness (QED) is 0.637. The van der Waals surface area contributed by atoms with Crippen molar-refractivity contribution < 1.29 is 14.7 Å². The van der Waals surface area contributed by atoms with Crippen molar-refractivity contribution in [1.29, 1.82) is 0 Å². The number of aryl methyl sites for hydroxylation is 2. The zero-order chi connectivity index (χ0) is 22.1. The van der Waals surface area contributed by atoms with Crippen molar-refractivity contribution in [3.05, 3.63) is 82.0 Å². The molecule has 31 heavy (non-hydrogen) atoms. The Kier molecular flexibility index (Phi) is 5.50. The number of aromatic carboxylic acids is 1. The topological polar surface area (TPSA) is 87.5 Å². The molecule has 3 aromatic rings. The fourth-order valence-corrected chi connectivity index (χ4v) is 4.05. The fraction of sp³-hybridized carbons (Fsp3) is 0.292. The van der Waals surface area contributed by atoms with E-state index in [-0.39, 0.29) is 17.5 Å². The normalized spacial score (nSPS) is 13.7. The van der Waals surface area contributed by atoms with Crippen LogP contribution in [0.4, 0.5) is 5.82 Å². The Bertz CT molecular complexity index is 1130. The molecule has 160 valence electrons. The summed E-state index contributed by atoms with van der Waals surface area (Å²) >= 11 is 0. The molecule has 7 nitrogen and oxygen atoms in total. The lowest BCUT2D eigenvalue weighted by Crippen LogP contribution is -2.29. The second kappa shape index (κ2) is 8.26. The number of carbonyl (C=O) groups excluding carboxylic acids is 1. The maximum absolute atomic E-state index is 13.2. The second-order valence-electron chi connectivity index (χ2n) is 7.98. The second-order valence-corrected chi connectivity index (χ2v) is 7.98. The van der Waals surface area contributed by atoms with E-state index in [2.05, 4.69) is 34.4 Å². The molecule has 7 heteroatoms. The number of hydrogen-bond acceptors (Lipinski definition) is 4. The summed E-state index contributed by atoms with van der Waals surface area (Å²) in [4.78, 5) is 26.5. The van der Waals surface area contributed by atoms with Crippen LogP contribution in [0.15, 0.2) is 48.5 Å². The van der Waals surface area contributed by atoms with Gasteiger partial charge in [0.25, 0.3) is 5.91 Å². The van der Waals surface area contributed by atoms with Gasteiger partial charge in [-0.3, -0.25) is 4.79 Å². The number of anilines is 1. The minimum Gasteiger partial charge on any atom is -0.478 e. The molecular weight excluding hydrogens is 392 g/mol. The largest absolute Gasteiger partial charge is 0.478 e. The molecule has 0 radical (unpaired) electrons. The number of carboxylic acid groups (broad SMARTS) is 1. The lowest BCUT2D eigenvalue weighted by Gasteiger charge is -2.21. The van der Waals surface area contributed by atoms with Crippen molar-refractivity contribution in [2.75, 3.05) is 11.4 Å². The highest BCUT2D eigenvalue weighted by atomic mass is 16.4. The van der Waals surface area contributed by atoms with E-state index in [1.54, 1.807) is 24.3 Å². The molecule has 2 N–H and O–H groups in total. The Morgan fingerprint density at radius 1 is 1.10 bits per heavy atom. The fourth-order valence-electron chi connectivity index (χ4n) is 4.05. The molecule has 1 aromatic heterocycles. The van der Waals surface area contributed by atoms with Gasteiger partial charge < -0.3 is 15.3 Å². The van der Waals surface area contributed by atoms with Gasteiger partial charge in [-0.05, 0) is 49.6 Å². The van der Waals surface area contributed by atoms with E-state index in [4.69, 9.17) is 5.11 Å². The van der Waals surface area contributed by atoms with E-state index in [0.29, 0.717) is 11.3 Å². The highest BCUT2D eigenvalue weighted by Gasteiger charge is 2.30. The van der Waals surface area contributed by atoms with Crippen LogP contribution in [0.2, 0.25) is 0 Å². The summed E-state index contributed by atoms with van der Waals surface area (Å²) in [7, 11) is 0. The number of carbonyl (C=O) groups is 2. The summed E-state index contributed by atoms with van der Waals surface area (Å²) in [5.74, 6) is -0.292. The molecule has 0 unspecified atom stereocenters. The molecule has 0 fully saturated rings. The number of aromatic nitrogens is 2. The van der Waals surface area contributed by atoms with Gasteiger partial charge >= 0.3 is 5.97 Å². The highest BCUT2D eigenvalue weighted by molar-refractivity contribution is 6.00. The number of rotatable bonds is 6. The Morgan fingerprint density at radius 2 is 1.81 bits per heavy atom. The maximum atomic E-state index is 13.2. The average Bonchev–Trinajstić information content (AvgIpc) is 3.27. The van der Waals surface area contributed by atoms with E-state index in [1.807, 2.05) is 30.7 Å². The molecule has 0 saturated heterocycles. The maximum Gasteiger partial charge on any atom is 0.335 e. The number of amides is 1. The van der Waals surface area contributed by atoms with Crippen LogP contribution >= 0.6 is 0 Å². The van der Waals surface area contributed by atoms with Crippen molar-refractivity contribution >= 4 is 17.7 Å². The van der Waals surface area contributed by atoms with Crippen LogP contribution in [0.3, 0.4) is 0 Å². The molecule has 0 aliphatic carbocycles. The third-order valence-corrected chi connectivity index (χ3v) is 5.84. The third-order valence-electron chi connectivity index (χ3n) is 5.84. The molecule has 1 atom stereocenters. The van der Waals surface area contributed by atoms with Gasteiger partial charge in [-0.2, -0.15) is 5.10 Å². The van der Waals surface area contributed by atoms with Gasteiger partial charge in [0, 0.05) is 13.1 Å². The van der Waals surface area contributed by atoms with Gasteiger partial charge in [0.2, 0.25) is 0 Å². The molecule has 1 aliphatic heterocycles. The van der Waals surface area contributed by atoms with Crippen LogP contribution in [-0.4, -0.2) is 33.3 Å². The minimum atomic E-state index is -0.969. The molecule has 0 bridgehead atoms. The standard InChI is InChI=1S/C24H26N4O3/c1-15-6-4-5-7-20(15)14-27-12-13-28-23(27)21(17(3)26-28)22(29)25-16(2)18-8-10-19(11-9-18)24(30)31/h4-11,16H,12-14H2,1-3H3,(H,25,29)(H,30,31)/t16-/m0/s1. The van der Waals surface area contributed by atoms with Gasteiger partial charge in [0.05, 0.1) is 23.8 Å². The summed E-state index contributed by atoms with van der Waals surface area (Å²) in [6, 6.07) is 14.6. The first-order chi connectivity index (χ1) is 14.8. The van der Waals surface area contributed by atoms with Crippen LogP contribution in [0.1, 0.15) is 56.1 Å². The molecule has 2 heterocycles. The van der Waals surface area contributed by atoms with E-state index in [9.17, 15) is 9.59 Å². The first-order valence-corrected chi connectivity index (χ1v) is 10.4. The number of benzene rings is 2. The zero-order valence-electron chi connectivity index (χ0n) is 17.9. The predicted molar refractivity (Wildman–Crippen MR) is 118 cm³/mol. The number of nitrogens with one attached hydrogen (secondary N) is 1. The summed E-state index contributed by atoms with van der Waals surface area (Å²) in [6.07, 6.45) is 0. The Morgan fingerprint density at radius 3 is 2.48 bits per heavy atom. The van der Waals surface area contributed by atoms with Crippen molar-refractivity contribution in [2.45, 2.75) is 39.9 Å². The van der Waals surface area contributed by atoms with Crippen LogP contribution in [-0.2, 0) is 13.1 Å². The summed E-state index contributed by atoms with van der Waals surface area (Å²) < 4.78 is 1.91. The van der Waals surface area contributed by atoms with E-state index < -0.39 is 5.97 Å². The molecule has 0 saturated carbocycles. The number of fused-ring (bicyclic) bond motifs is 1. The van der Waals surface area contributed by atoms with Crippen molar-refractivity contribution in [2.24, 2.45) is 0 Å². The van der Waals surface area contributed by atoms with Crippen molar-refractivity contribution in [3.63, 3.8) is 0 Å². The summed E-state index contributed by atoms with van der Waals surface area (Å²) in [5, 5.41) is 16.7. The number of carboxylic acids is 1. The third kappa shape index (κ3) is 4.03. The molecule has 1 aliphatic rings. The monoisotopic (exact) mass is 418 g/mol. The van der Waals surface area contributed by atoms with E-state index in [0.717, 1.165) is 31.0 Å². The lowest BCUT2D eigenvalue weighted by molar-refractivity contribution is 0.0696. The van der Waals surface area contributed by atoms with Gasteiger partial charge in [0.1, 0.15) is 11.4 Å². The molecule has 0 spiro atoms. The van der Waals surface area contributed by atoms with Crippen LogP contribution in [0, 0.1) is 13.8 Å². The van der Waals surface area contributed by atoms with E-state index >= 15 is 0 Å². The van der Waals surface area contributed by atoms with Crippen molar-refractivity contribution in [3.8, 4) is 0 Å². The first kappa shape index (κ1) is 20.7. The van der Waals surface area contributed by atoms with Crippen molar-refractivity contribution in [1.82, 2.24) is 15.1 Å². The van der Waals surface area contributed by atoms with Gasteiger partial charge in [0.15, 0.2) is 0 Å². The molecular formula is C24H26N4O3. The Balaban J connectivity index is 1.55. The van der Waals surface area contributed by atoms with Crippen LogP contribution < -0.4 is 10.2 Å². The molecule has 2 aromatic carbocycles. The van der Waals surface area contributed by atoms with Gasteiger partial charge in [-0.15, -0.1) is 0 Å².